The van der Waals surface area contributed by atoms with Gasteiger partial charge in [-0.2, -0.15) is 5.10 Å². The zero-order chi connectivity index (χ0) is 16.6. The predicted molar refractivity (Wildman–Crippen MR) is 84.5 cm³/mol. The molecule has 0 bridgehead atoms. The van der Waals surface area contributed by atoms with Crippen LogP contribution in [0.25, 0.3) is 0 Å². The van der Waals surface area contributed by atoms with Gasteiger partial charge in [0.05, 0.1) is 27.7 Å². The number of aromatic nitrogens is 2. The minimum atomic E-state index is -0.545. The molecule has 0 aliphatic heterocycles. The van der Waals surface area contributed by atoms with Gasteiger partial charge < -0.3 is 5.32 Å². The van der Waals surface area contributed by atoms with Gasteiger partial charge in [-0.15, -0.1) is 0 Å². The molecule has 1 aromatic heterocycles. The maximum Gasteiger partial charge on any atom is 0.270 e. The highest BCUT2D eigenvalue weighted by Gasteiger charge is 2.26. The largest absolute Gasteiger partial charge is 0.345 e. The number of nitrogens with zero attached hydrogens (tertiary/aromatic N) is 3. The van der Waals surface area contributed by atoms with Crippen LogP contribution in [0.2, 0.25) is 5.02 Å². The average molecular weight is 335 g/mol. The van der Waals surface area contributed by atoms with Gasteiger partial charge in [0.15, 0.2) is 0 Å². The number of rotatable bonds is 3. The zero-order valence-corrected chi connectivity index (χ0v) is 13.2. The summed E-state index contributed by atoms with van der Waals surface area (Å²) in [6, 6.07) is 3.72. The zero-order valence-electron chi connectivity index (χ0n) is 12.5. The molecule has 0 saturated carbocycles. The smallest absolute Gasteiger partial charge is 0.270 e. The number of non-ortho nitro benzene ring substituents is 1. The molecule has 23 heavy (non-hydrogen) atoms. The van der Waals surface area contributed by atoms with Crippen molar-refractivity contribution in [2.24, 2.45) is 7.05 Å². The minimum Gasteiger partial charge on any atom is -0.345 e. The third kappa shape index (κ3) is 2.92. The number of carbonyl (C=O) groups excluding carboxylic acids is 1. The fraction of sp³-hybridized carbons (Fsp3) is 0.333. The molecule has 0 spiro atoms. The van der Waals surface area contributed by atoms with Crippen LogP contribution in [-0.4, -0.2) is 20.6 Å². The van der Waals surface area contributed by atoms with Crippen LogP contribution in [0.5, 0.6) is 0 Å². The van der Waals surface area contributed by atoms with Crippen molar-refractivity contribution in [2.75, 3.05) is 0 Å². The van der Waals surface area contributed by atoms with Crippen LogP contribution in [0.1, 0.15) is 40.5 Å². The lowest BCUT2D eigenvalue weighted by molar-refractivity contribution is -0.384. The molecule has 0 fully saturated rings. The van der Waals surface area contributed by atoms with Gasteiger partial charge in [-0.25, -0.2) is 0 Å². The summed E-state index contributed by atoms with van der Waals surface area (Å²) in [6.45, 7) is 0. The predicted octanol–water partition coefficient (Wildman–Crippen LogP) is 2.79. The summed E-state index contributed by atoms with van der Waals surface area (Å²) in [5, 5.41) is 18.0. The number of amides is 1. The Kier molecular flexibility index (Phi) is 4.04. The normalized spacial score (nSPS) is 16.7. The van der Waals surface area contributed by atoms with E-state index in [4.69, 9.17) is 11.6 Å². The summed E-state index contributed by atoms with van der Waals surface area (Å²) in [7, 11) is 1.89. The van der Waals surface area contributed by atoms with E-state index in [-0.39, 0.29) is 28.2 Å². The van der Waals surface area contributed by atoms with Crippen LogP contribution < -0.4 is 5.32 Å². The van der Waals surface area contributed by atoms with Crippen LogP contribution in [-0.2, 0) is 13.5 Å². The maximum atomic E-state index is 12.4. The van der Waals surface area contributed by atoms with Crippen molar-refractivity contribution in [1.29, 1.82) is 0 Å². The number of fused-ring (bicyclic) bond motifs is 1. The fourth-order valence-electron chi connectivity index (χ4n) is 2.89. The van der Waals surface area contributed by atoms with Crippen molar-refractivity contribution in [2.45, 2.75) is 25.3 Å². The highest BCUT2D eigenvalue weighted by atomic mass is 35.5. The Morgan fingerprint density at radius 2 is 2.30 bits per heavy atom. The molecular formula is C15H15ClN4O3. The standard InChI is InChI=1S/C15H15ClN4O3/c1-19-14-4-2-3-13(11(14)8-17-19)18-15(21)10-6-5-9(20(22)23)7-12(10)16/h5-8,13H,2-4H2,1H3,(H,18,21)/t13-/m1/s1. The monoisotopic (exact) mass is 334 g/mol. The van der Waals surface area contributed by atoms with E-state index in [1.807, 2.05) is 11.7 Å². The fourth-order valence-corrected chi connectivity index (χ4v) is 3.15. The summed E-state index contributed by atoms with van der Waals surface area (Å²) in [5.41, 5.74) is 2.23. The molecule has 1 atom stereocenters. The Bertz CT molecular complexity index is 787. The molecule has 0 radical (unpaired) electrons. The van der Waals surface area contributed by atoms with E-state index in [2.05, 4.69) is 10.4 Å². The van der Waals surface area contributed by atoms with Gasteiger partial charge in [0, 0.05) is 30.4 Å². The molecule has 1 aliphatic rings. The van der Waals surface area contributed by atoms with E-state index in [0.29, 0.717) is 0 Å². The molecule has 1 aromatic carbocycles. The van der Waals surface area contributed by atoms with E-state index in [0.717, 1.165) is 30.5 Å². The highest BCUT2D eigenvalue weighted by Crippen LogP contribution is 2.30. The van der Waals surface area contributed by atoms with E-state index < -0.39 is 4.92 Å². The number of hydrogen-bond donors (Lipinski definition) is 1. The van der Waals surface area contributed by atoms with Crippen molar-refractivity contribution in [1.82, 2.24) is 15.1 Å². The third-order valence-corrected chi connectivity index (χ3v) is 4.40. The number of aryl methyl sites for hydroxylation is 1. The molecule has 3 rings (SSSR count). The number of benzene rings is 1. The molecule has 1 heterocycles. The Morgan fingerprint density at radius 3 is 3.00 bits per heavy atom. The van der Waals surface area contributed by atoms with Crippen molar-refractivity contribution >= 4 is 23.2 Å². The van der Waals surface area contributed by atoms with Gasteiger partial charge in [-0.05, 0) is 25.3 Å². The van der Waals surface area contributed by atoms with Crippen molar-refractivity contribution in [3.63, 3.8) is 0 Å². The Labute approximate surface area is 137 Å². The van der Waals surface area contributed by atoms with E-state index >= 15 is 0 Å². The first kappa shape index (κ1) is 15.5. The summed E-state index contributed by atoms with van der Waals surface area (Å²) >= 11 is 6.01. The third-order valence-electron chi connectivity index (χ3n) is 4.09. The molecule has 2 aromatic rings. The first-order valence-corrected chi connectivity index (χ1v) is 7.60. The molecule has 1 N–H and O–H groups in total. The SMILES string of the molecule is Cn1ncc2c1CCC[C@H]2NC(=O)c1ccc([N+](=O)[O-])cc1Cl. The first-order valence-electron chi connectivity index (χ1n) is 7.23. The maximum absolute atomic E-state index is 12.4. The van der Waals surface area contributed by atoms with Crippen LogP contribution in [0.15, 0.2) is 24.4 Å². The summed E-state index contributed by atoms with van der Waals surface area (Å²) in [5.74, 6) is -0.341. The van der Waals surface area contributed by atoms with E-state index in [1.165, 1.54) is 18.2 Å². The molecule has 0 saturated heterocycles. The molecule has 1 amide bonds. The van der Waals surface area contributed by atoms with Gasteiger partial charge >= 0.3 is 0 Å². The van der Waals surface area contributed by atoms with Crippen LogP contribution in [0.4, 0.5) is 5.69 Å². The molecule has 1 aliphatic carbocycles. The van der Waals surface area contributed by atoms with E-state index in [1.54, 1.807) is 6.20 Å². The lowest BCUT2D eigenvalue weighted by Crippen LogP contribution is -2.31. The molecular weight excluding hydrogens is 320 g/mol. The summed E-state index contributed by atoms with van der Waals surface area (Å²) in [6.07, 6.45) is 4.51. The van der Waals surface area contributed by atoms with Crippen molar-refractivity contribution < 1.29 is 9.72 Å². The van der Waals surface area contributed by atoms with Gasteiger partial charge in [-0.1, -0.05) is 11.6 Å². The van der Waals surface area contributed by atoms with Gasteiger partial charge in [-0.3, -0.25) is 19.6 Å². The Morgan fingerprint density at radius 1 is 1.52 bits per heavy atom. The summed E-state index contributed by atoms with van der Waals surface area (Å²) < 4.78 is 1.83. The lowest BCUT2D eigenvalue weighted by atomic mass is 9.92. The lowest BCUT2D eigenvalue weighted by Gasteiger charge is -2.24. The quantitative estimate of drug-likeness (QED) is 0.690. The number of hydrogen-bond acceptors (Lipinski definition) is 4. The average Bonchev–Trinajstić information content (AvgIpc) is 2.89. The molecule has 120 valence electrons. The number of nitrogens with one attached hydrogen (secondary N) is 1. The molecule has 7 nitrogen and oxygen atoms in total. The van der Waals surface area contributed by atoms with Crippen LogP contribution in [0, 0.1) is 10.1 Å². The topological polar surface area (TPSA) is 90.1 Å². The minimum absolute atomic E-state index is 0.0684. The Hall–Kier alpha value is -2.41. The van der Waals surface area contributed by atoms with Crippen molar-refractivity contribution in [3.8, 4) is 0 Å². The Balaban J connectivity index is 1.82. The molecule has 8 heteroatoms. The van der Waals surface area contributed by atoms with Gasteiger partial charge in [0.25, 0.3) is 11.6 Å². The number of nitro groups is 1. The van der Waals surface area contributed by atoms with Crippen LogP contribution >= 0.6 is 11.6 Å². The second-order valence-corrected chi connectivity index (χ2v) is 5.92. The first-order chi connectivity index (χ1) is 11.0. The van der Waals surface area contributed by atoms with Crippen LogP contribution in [0.3, 0.4) is 0 Å². The molecule has 0 unspecified atom stereocenters. The van der Waals surface area contributed by atoms with Crippen molar-refractivity contribution in [3.05, 3.63) is 56.4 Å². The van der Waals surface area contributed by atoms with Gasteiger partial charge in [0.1, 0.15) is 0 Å². The number of carbonyl (C=O) groups is 1. The number of halogens is 1. The highest BCUT2D eigenvalue weighted by molar-refractivity contribution is 6.34. The summed E-state index contributed by atoms with van der Waals surface area (Å²) in [4.78, 5) is 22.6. The van der Waals surface area contributed by atoms with Gasteiger partial charge in [0.2, 0.25) is 0 Å². The van der Waals surface area contributed by atoms with E-state index in [9.17, 15) is 14.9 Å². The second kappa shape index (κ2) is 6.00. The number of nitro benzene ring substituents is 1. The second-order valence-electron chi connectivity index (χ2n) is 5.51.